The molecule has 0 aromatic heterocycles. The van der Waals surface area contributed by atoms with Gasteiger partial charge in [-0.15, -0.1) is 0 Å². The van der Waals surface area contributed by atoms with Crippen LogP contribution in [0.2, 0.25) is 19.6 Å². The molecule has 1 aromatic rings. The number of benzene rings is 1. The maximum absolute atomic E-state index is 13.2. The molecule has 3 heteroatoms. The van der Waals surface area contributed by atoms with Crippen LogP contribution < -0.4 is 5.19 Å². The van der Waals surface area contributed by atoms with Crippen LogP contribution in [0.25, 0.3) is 0 Å². The normalized spacial score (nSPS) is 11.8. The molecule has 0 aliphatic rings. The van der Waals surface area contributed by atoms with Crippen LogP contribution in [0.15, 0.2) is 18.2 Å². The van der Waals surface area contributed by atoms with E-state index in [1.807, 2.05) is 6.07 Å². The van der Waals surface area contributed by atoms with Crippen LogP contribution in [0.4, 0.5) is 4.39 Å². The third-order valence-electron chi connectivity index (χ3n) is 2.09. The minimum Gasteiger partial charge on any atom is -0.392 e. The summed E-state index contributed by atoms with van der Waals surface area (Å²) in [5.41, 5.74) is 0.377. The van der Waals surface area contributed by atoms with Crippen molar-refractivity contribution in [2.24, 2.45) is 0 Å². The quantitative estimate of drug-likeness (QED) is 0.719. The largest absolute Gasteiger partial charge is 0.392 e. The van der Waals surface area contributed by atoms with E-state index in [-0.39, 0.29) is 12.4 Å². The summed E-state index contributed by atoms with van der Waals surface area (Å²) in [5.74, 6) is -0.289. The summed E-state index contributed by atoms with van der Waals surface area (Å²) in [6.07, 6.45) is 0. The van der Waals surface area contributed by atoms with Crippen molar-refractivity contribution >= 4 is 13.3 Å². The zero-order valence-corrected chi connectivity index (χ0v) is 9.26. The second-order valence-corrected chi connectivity index (χ2v) is 9.29. The van der Waals surface area contributed by atoms with Crippen molar-refractivity contribution in [2.45, 2.75) is 26.2 Å². The van der Waals surface area contributed by atoms with E-state index < -0.39 is 8.07 Å². The third kappa shape index (κ3) is 2.38. The number of halogens is 1. The number of hydrogen-bond donors (Lipinski definition) is 1. The molecule has 1 nitrogen and oxygen atoms in total. The highest BCUT2D eigenvalue weighted by Crippen LogP contribution is 2.08. The van der Waals surface area contributed by atoms with E-state index in [0.717, 1.165) is 5.19 Å². The summed E-state index contributed by atoms with van der Waals surface area (Å²) in [7, 11) is -1.42. The predicted molar refractivity (Wildman–Crippen MR) is 55.3 cm³/mol. The van der Waals surface area contributed by atoms with Crippen LogP contribution in [-0.2, 0) is 6.61 Å². The van der Waals surface area contributed by atoms with Gasteiger partial charge in [-0.3, -0.25) is 0 Å². The molecular formula is C10H15FOSi. The van der Waals surface area contributed by atoms with Crippen LogP contribution in [0.1, 0.15) is 5.56 Å². The summed E-state index contributed by atoms with van der Waals surface area (Å²) >= 11 is 0. The van der Waals surface area contributed by atoms with E-state index in [1.54, 1.807) is 12.1 Å². The Balaban J connectivity index is 3.10. The van der Waals surface area contributed by atoms with Gasteiger partial charge in [0.15, 0.2) is 0 Å². The van der Waals surface area contributed by atoms with Crippen molar-refractivity contribution in [3.05, 3.63) is 29.6 Å². The van der Waals surface area contributed by atoms with Gasteiger partial charge in [-0.1, -0.05) is 37.0 Å². The van der Waals surface area contributed by atoms with E-state index in [9.17, 15) is 4.39 Å². The molecule has 72 valence electrons. The van der Waals surface area contributed by atoms with Crippen molar-refractivity contribution in [3.8, 4) is 0 Å². The van der Waals surface area contributed by atoms with Gasteiger partial charge in [-0.25, -0.2) is 4.39 Å². The Morgan fingerprint density at radius 3 is 2.31 bits per heavy atom. The van der Waals surface area contributed by atoms with E-state index >= 15 is 0 Å². The second kappa shape index (κ2) is 3.60. The molecule has 0 unspecified atom stereocenters. The molecule has 13 heavy (non-hydrogen) atoms. The van der Waals surface area contributed by atoms with Gasteiger partial charge in [0.2, 0.25) is 0 Å². The van der Waals surface area contributed by atoms with E-state index in [1.165, 1.54) is 0 Å². The summed E-state index contributed by atoms with van der Waals surface area (Å²) < 4.78 is 13.2. The zero-order chi connectivity index (χ0) is 10.1. The first-order chi connectivity index (χ1) is 5.95. The molecule has 0 saturated heterocycles. The monoisotopic (exact) mass is 198 g/mol. The molecule has 1 aromatic carbocycles. The number of aliphatic hydroxyl groups is 1. The van der Waals surface area contributed by atoms with Crippen molar-refractivity contribution in [3.63, 3.8) is 0 Å². The molecule has 1 rings (SSSR count). The molecule has 0 amide bonds. The lowest BCUT2D eigenvalue weighted by Crippen LogP contribution is -2.37. The van der Waals surface area contributed by atoms with Crippen LogP contribution in [-0.4, -0.2) is 13.2 Å². The smallest absolute Gasteiger partial charge is 0.128 e. The molecule has 0 radical (unpaired) electrons. The molecule has 0 heterocycles. The number of aliphatic hydroxyl groups excluding tert-OH is 1. The van der Waals surface area contributed by atoms with Crippen LogP contribution in [0.3, 0.4) is 0 Å². The number of hydrogen-bond acceptors (Lipinski definition) is 1. The molecule has 0 spiro atoms. The molecule has 0 aliphatic heterocycles. The lowest BCUT2D eigenvalue weighted by atomic mass is 10.2. The van der Waals surface area contributed by atoms with E-state index in [2.05, 4.69) is 19.6 Å². The molecule has 1 N–H and O–H groups in total. The first kappa shape index (κ1) is 10.4. The Morgan fingerprint density at radius 1 is 1.31 bits per heavy atom. The van der Waals surface area contributed by atoms with E-state index in [0.29, 0.717) is 5.56 Å². The van der Waals surface area contributed by atoms with Crippen molar-refractivity contribution < 1.29 is 9.50 Å². The summed E-state index contributed by atoms with van der Waals surface area (Å²) in [6, 6.07) is 5.14. The highest BCUT2D eigenvalue weighted by Gasteiger charge is 2.17. The fourth-order valence-corrected chi connectivity index (χ4v) is 2.29. The van der Waals surface area contributed by atoms with Gasteiger partial charge < -0.3 is 5.11 Å². The Labute approximate surface area is 79.2 Å². The van der Waals surface area contributed by atoms with Crippen LogP contribution >= 0.6 is 0 Å². The predicted octanol–water partition coefficient (Wildman–Crippen LogP) is 1.86. The highest BCUT2D eigenvalue weighted by atomic mass is 28.3. The fourth-order valence-electron chi connectivity index (χ4n) is 1.14. The lowest BCUT2D eigenvalue weighted by Gasteiger charge is -2.16. The molecule has 0 atom stereocenters. The minimum atomic E-state index is -1.42. The standard InChI is InChI=1S/C10H15FOSi/c1-13(2,3)9-5-4-8(7-12)10(11)6-9/h4-6,12H,7H2,1-3H3. The Kier molecular flexibility index (Phi) is 2.88. The third-order valence-corrected chi connectivity index (χ3v) is 4.13. The van der Waals surface area contributed by atoms with Gasteiger partial charge in [0.1, 0.15) is 5.82 Å². The van der Waals surface area contributed by atoms with Gasteiger partial charge >= 0.3 is 0 Å². The molecular weight excluding hydrogens is 183 g/mol. The first-order valence-electron chi connectivity index (χ1n) is 4.35. The SMILES string of the molecule is C[Si](C)(C)c1ccc(CO)c(F)c1. The average Bonchev–Trinajstić information content (AvgIpc) is 2.02. The molecule has 0 saturated carbocycles. The highest BCUT2D eigenvalue weighted by molar-refractivity contribution is 6.88. The van der Waals surface area contributed by atoms with Crippen molar-refractivity contribution in [1.29, 1.82) is 0 Å². The van der Waals surface area contributed by atoms with Crippen LogP contribution in [0, 0.1) is 5.82 Å². The maximum Gasteiger partial charge on any atom is 0.128 e. The summed E-state index contributed by atoms with van der Waals surface area (Å²) in [5, 5.41) is 9.87. The van der Waals surface area contributed by atoms with Gasteiger partial charge in [0.25, 0.3) is 0 Å². The zero-order valence-electron chi connectivity index (χ0n) is 8.26. The van der Waals surface area contributed by atoms with Gasteiger partial charge in [-0.05, 0) is 6.07 Å². The van der Waals surface area contributed by atoms with Crippen molar-refractivity contribution in [1.82, 2.24) is 0 Å². The fraction of sp³-hybridized carbons (Fsp3) is 0.400. The maximum atomic E-state index is 13.2. The average molecular weight is 198 g/mol. The molecule has 0 aliphatic carbocycles. The Morgan fingerprint density at radius 2 is 1.92 bits per heavy atom. The minimum absolute atomic E-state index is 0.224. The van der Waals surface area contributed by atoms with Crippen molar-refractivity contribution in [2.75, 3.05) is 0 Å². The molecule has 0 fully saturated rings. The summed E-state index contributed by atoms with van der Waals surface area (Å²) in [6.45, 7) is 6.28. The Bertz CT molecular complexity index is 304. The van der Waals surface area contributed by atoms with Crippen LogP contribution in [0.5, 0.6) is 0 Å². The topological polar surface area (TPSA) is 20.2 Å². The van der Waals surface area contributed by atoms with Gasteiger partial charge in [0, 0.05) is 5.56 Å². The second-order valence-electron chi connectivity index (χ2n) is 4.21. The lowest BCUT2D eigenvalue weighted by molar-refractivity contribution is 0.276. The first-order valence-corrected chi connectivity index (χ1v) is 7.85. The van der Waals surface area contributed by atoms with Gasteiger partial charge in [-0.2, -0.15) is 0 Å². The van der Waals surface area contributed by atoms with E-state index in [4.69, 9.17) is 5.11 Å². The molecule has 0 bridgehead atoms. The summed E-state index contributed by atoms with van der Waals surface area (Å²) in [4.78, 5) is 0. The van der Waals surface area contributed by atoms with Gasteiger partial charge in [0.05, 0.1) is 14.7 Å². The number of rotatable bonds is 2. The Hall–Kier alpha value is -0.673.